The molecule has 0 aliphatic rings. The number of likely N-dealkylation sites (N-methyl/N-ethyl adjacent to an activating group) is 1. The van der Waals surface area contributed by atoms with E-state index in [1.807, 2.05) is 25.1 Å². The minimum Gasteiger partial charge on any atom is -0.497 e. The number of rotatable bonds is 9. The number of nitrogens with zero attached hydrogens (tertiary/aromatic N) is 2. The smallest absolute Gasteiger partial charge is 0.387 e. The Morgan fingerprint density at radius 3 is 2.45 bits per heavy atom. The van der Waals surface area contributed by atoms with Crippen LogP contribution in [0.3, 0.4) is 0 Å². The van der Waals surface area contributed by atoms with Gasteiger partial charge in [-0.25, -0.2) is 4.39 Å². The Balaban J connectivity index is 0.00000480. The molecule has 0 heterocycles. The fourth-order valence-corrected chi connectivity index (χ4v) is 2.94. The van der Waals surface area contributed by atoms with Gasteiger partial charge >= 0.3 is 6.61 Å². The quantitative estimate of drug-likeness (QED) is 0.280. The summed E-state index contributed by atoms with van der Waals surface area (Å²) in [7, 11) is 6.90. The number of alkyl halides is 2. The third-order valence-electron chi connectivity index (χ3n) is 4.47. The SMILES string of the molecule is CN=C(NCc1cc(OC)ccc1OC(F)F)NCC(c1cccc(F)c1)N(C)C.I. The van der Waals surface area contributed by atoms with Gasteiger partial charge in [0.15, 0.2) is 5.96 Å². The van der Waals surface area contributed by atoms with E-state index >= 15 is 0 Å². The van der Waals surface area contributed by atoms with Crippen LogP contribution in [0.25, 0.3) is 0 Å². The van der Waals surface area contributed by atoms with E-state index in [1.54, 1.807) is 25.2 Å². The van der Waals surface area contributed by atoms with Crippen LogP contribution in [-0.4, -0.2) is 52.3 Å². The number of halogens is 4. The summed E-state index contributed by atoms with van der Waals surface area (Å²) in [6, 6.07) is 10.9. The highest BCUT2D eigenvalue weighted by atomic mass is 127. The zero-order valence-electron chi connectivity index (χ0n) is 17.9. The number of hydrogen-bond acceptors (Lipinski definition) is 4. The van der Waals surface area contributed by atoms with E-state index in [0.717, 1.165) is 5.56 Å². The molecule has 0 radical (unpaired) electrons. The van der Waals surface area contributed by atoms with Crippen molar-refractivity contribution >= 4 is 29.9 Å². The third kappa shape index (κ3) is 8.44. The van der Waals surface area contributed by atoms with Crippen molar-refractivity contribution in [3.8, 4) is 11.5 Å². The molecule has 1 atom stereocenters. The van der Waals surface area contributed by atoms with E-state index in [1.165, 1.54) is 25.3 Å². The number of aliphatic imine (C=N–C) groups is 1. The lowest BCUT2D eigenvalue weighted by molar-refractivity contribution is -0.0505. The van der Waals surface area contributed by atoms with E-state index in [-0.39, 0.29) is 48.1 Å². The number of methoxy groups -OCH3 is 1. The summed E-state index contributed by atoms with van der Waals surface area (Å²) >= 11 is 0. The Morgan fingerprint density at radius 2 is 1.87 bits per heavy atom. The molecule has 172 valence electrons. The van der Waals surface area contributed by atoms with Crippen LogP contribution in [0.4, 0.5) is 13.2 Å². The molecule has 1 unspecified atom stereocenters. The second-order valence-electron chi connectivity index (χ2n) is 6.69. The Bertz CT molecular complexity index is 853. The van der Waals surface area contributed by atoms with Crippen LogP contribution in [0, 0.1) is 5.82 Å². The van der Waals surface area contributed by atoms with Gasteiger partial charge in [-0.2, -0.15) is 8.78 Å². The Labute approximate surface area is 197 Å². The van der Waals surface area contributed by atoms with Crippen LogP contribution < -0.4 is 20.1 Å². The number of hydrogen-bond donors (Lipinski definition) is 2. The molecule has 2 N–H and O–H groups in total. The molecule has 0 saturated carbocycles. The Hall–Kier alpha value is -2.21. The zero-order chi connectivity index (χ0) is 22.1. The molecule has 0 aliphatic carbocycles. The molecule has 0 spiro atoms. The van der Waals surface area contributed by atoms with Crippen molar-refractivity contribution < 1.29 is 22.6 Å². The highest BCUT2D eigenvalue weighted by Crippen LogP contribution is 2.25. The molecular weight excluding hydrogens is 524 g/mol. The standard InChI is InChI=1S/C21H27F3N4O2.HI/c1-25-21(27-13-18(28(2)3)14-6-5-7-16(22)10-14)26-12-15-11-17(29-4)8-9-19(15)30-20(23)24;/h5-11,18,20H,12-13H2,1-4H3,(H2,25,26,27);1H. The fourth-order valence-electron chi connectivity index (χ4n) is 2.94. The minimum absolute atomic E-state index is 0. The zero-order valence-corrected chi connectivity index (χ0v) is 20.2. The van der Waals surface area contributed by atoms with Crippen LogP contribution in [0.2, 0.25) is 0 Å². The Morgan fingerprint density at radius 1 is 1.13 bits per heavy atom. The van der Waals surface area contributed by atoms with Crippen molar-refractivity contribution in [2.45, 2.75) is 19.2 Å². The minimum atomic E-state index is -2.93. The van der Waals surface area contributed by atoms with Gasteiger partial charge in [0.1, 0.15) is 17.3 Å². The molecule has 0 aromatic heterocycles. The second kappa shape index (κ2) is 13.3. The van der Waals surface area contributed by atoms with Crippen molar-refractivity contribution in [3.63, 3.8) is 0 Å². The molecule has 2 aromatic rings. The van der Waals surface area contributed by atoms with Crippen LogP contribution in [0.1, 0.15) is 17.2 Å². The van der Waals surface area contributed by atoms with Gasteiger partial charge in [0.2, 0.25) is 0 Å². The van der Waals surface area contributed by atoms with Gasteiger partial charge in [0, 0.05) is 25.7 Å². The van der Waals surface area contributed by atoms with E-state index in [0.29, 0.717) is 23.8 Å². The van der Waals surface area contributed by atoms with Gasteiger partial charge in [-0.1, -0.05) is 12.1 Å². The van der Waals surface area contributed by atoms with E-state index in [4.69, 9.17) is 4.74 Å². The van der Waals surface area contributed by atoms with E-state index < -0.39 is 6.61 Å². The predicted molar refractivity (Wildman–Crippen MR) is 126 cm³/mol. The molecular formula is C21H28F3IN4O2. The van der Waals surface area contributed by atoms with Gasteiger partial charge in [-0.15, -0.1) is 24.0 Å². The highest BCUT2D eigenvalue weighted by Gasteiger charge is 2.16. The summed E-state index contributed by atoms with van der Waals surface area (Å²) in [5.74, 6) is 0.741. The van der Waals surface area contributed by atoms with Crippen molar-refractivity contribution in [1.29, 1.82) is 0 Å². The molecule has 0 aliphatic heterocycles. The first-order valence-corrected chi connectivity index (χ1v) is 9.32. The van der Waals surface area contributed by atoms with Crippen molar-refractivity contribution in [3.05, 3.63) is 59.4 Å². The normalized spacial score (nSPS) is 12.4. The average Bonchev–Trinajstić information content (AvgIpc) is 2.70. The van der Waals surface area contributed by atoms with Gasteiger partial charge < -0.3 is 25.0 Å². The molecule has 0 fully saturated rings. The van der Waals surface area contributed by atoms with Crippen LogP contribution in [0.5, 0.6) is 11.5 Å². The second-order valence-corrected chi connectivity index (χ2v) is 6.69. The number of benzene rings is 2. The van der Waals surface area contributed by atoms with Crippen LogP contribution in [-0.2, 0) is 6.54 Å². The summed E-state index contributed by atoms with van der Waals surface area (Å²) in [5.41, 5.74) is 1.32. The van der Waals surface area contributed by atoms with Crippen molar-refractivity contribution in [2.24, 2.45) is 4.99 Å². The molecule has 31 heavy (non-hydrogen) atoms. The molecule has 2 rings (SSSR count). The van der Waals surface area contributed by atoms with Crippen LogP contribution >= 0.6 is 24.0 Å². The van der Waals surface area contributed by atoms with E-state index in [2.05, 4.69) is 20.4 Å². The average molecular weight is 552 g/mol. The predicted octanol–water partition coefficient (Wildman–Crippen LogP) is 4.02. The summed E-state index contributed by atoms with van der Waals surface area (Å²) in [4.78, 5) is 6.12. The molecule has 6 nitrogen and oxygen atoms in total. The summed E-state index contributed by atoms with van der Waals surface area (Å²) in [6.45, 7) is -2.29. The maximum Gasteiger partial charge on any atom is 0.387 e. The van der Waals surface area contributed by atoms with Gasteiger partial charge in [-0.3, -0.25) is 4.99 Å². The van der Waals surface area contributed by atoms with Gasteiger partial charge in [-0.05, 0) is 50.0 Å². The number of guanidine groups is 1. The number of ether oxygens (including phenoxy) is 2. The molecule has 0 amide bonds. The summed E-state index contributed by atoms with van der Waals surface area (Å²) in [5, 5.41) is 6.26. The molecule has 10 heteroatoms. The lowest BCUT2D eigenvalue weighted by Gasteiger charge is -2.26. The summed E-state index contributed by atoms with van der Waals surface area (Å²) in [6.07, 6.45) is 0. The largest absolute Gasteiger partial charge is 0.497 e. The molecule has 0 saturated heterocycles. The molecule has 2 aromatic carbocycles. The highest BCUT2D eigenvalue weighted by molar-refractivity contribution is 14.0. The maximum atomic E-state index is 13.6. The lowest BCUT2D eigenvalue weighted by Crippen LogP contribution is -2.41. The maximum absolute atomic E-state index is 13.6. The topological polar surface area (TPSA) is 58.1 Å². The first-order valence-electron chi connectivity index (χ1n) is 9.32. The number of nitrogens with one attached hydrogen (secondary N) is 2. The Kier molecular flexibility index (Phi) is 11.5. The fraction of sp³-hybridized carbons (Fsp3) is 0.381. The first kappa shape index (κ1) is 26.8. The van der Waals surface area contributed by atoms with Crippen molar-refractivity contribution in [1.82, 2.24) is 15.5 Å². The van der Waals surface area contributed by atoms with Crippen LogP contribution in [0.15, 0.2) is 47.5 Å². The molecule has 0 bridgehead atoms. The van der Waals surface area contributed by atoms with E-state index in [9.17, 15) is 13.2 Å². The monoisotopic (exact) mass is 552 g/mol. The van der Waals surface area contributed by atoms with Gasteiger partial charge in [0.25, 0.3) is 0 Å². The third-order valence-corrected chi connectivity index (χ3v) is 4.47. The lowest BCUT2D eigenvalue weighted by atomic mass is 10.1. The first-order chi connectivity index (χ1) is 14.3. The summed E-state index contributed by atoms with van der Waals surface area (Å²) < 4.78 is 48.7. The van der Waals surface area contributed by atoms with Crippen molar-refractivity contribution in [2.75, 3.05) is 34.8 Å². The van der Waals surface area contributed by atoms with Gasteiger partial charge in [0.05, 0.1) is 13.2 Å².